The monoisotopic (exact) mass is 390 g/mol. The average Bonchev–Trinajstić information content (AvgIpc) is 3.19. The number of nitrogens with zero attached hydrogens (tertiary/aromatic N) is 3. The molecule has 2 aromatic carbocycles. The van der Waals surface area contributed by atoms with Gasteiger partial charge in [0.25, 0.3) is 11.6 Å². The van der Waals surface area contributed by atoms with Crippen molar-refractivity contribution in [2.24, 2.45) is 0 Å². The van der Waals surface area contributed by atoms with Crippen LogP contribution in [0.3, 0.4) is 0 Å². The summed E-state index contributed by atoms with van der Waals surface area (Å²) in [4.78, 5) is 30.9. The summed E-state index contributed by atoms with van der Waals surface area (Å²) in [5, 5.41) is 14.0. The van der Waals surface area contributed by atoms with Gasteiger partial charge in [-0.25, -0.2) is 9.97 Å². The first-order valence-corrected chi connectivity index (χ1v) is 8.50. The highest BCUT2D eigenvalue weighted by Crippen LogP contribution is 2.31. The van der Waals surface area contributed by atoms with Crippen LogP contribution in [0.5, 0.6) is 5.75 Å². The van der Waals surface area contributed by atoms with E-state index in [0.29, 0.717) is 16.9 Å². The molecule has 0 saturated heterocycles. The number of fused-ring (bicyclic) bond motifs is 1. The molecule has 9 heteroatoms. The van der Waals surface area contributed by atoms with Crippen molar-refractivity contribution in [3.05, 3.63) is 76.6 Å². The second kappa shape index (κ2) is 7.39. The van der Waals surface area contributed by atoms with Crippen LogP contribution in [0.25, 0.3) is 22.4 Å². The number of methoxy groups -OCH3 is 1. The van der Waals surface area contributed by atoms with E-state index >= 15 is 0 Å². The minimum atomic E-state index is -0.526. The summed E-state index contributed by atoms with van der Waals surface area (Å²) in [5.74, 6) is 1.11. The van der Waals surface area contributed by atoms with E-state index in [9.17, 15) is 14.9 Å². The molecule has 0 bridgehead atoms. The number of nitrogens with one attached hydrogen (secondary N) is 1. The number of nitro groups is 1. The van der Waals surface area contributed by atoms with Crippen LogP contribution in [0.4, 0.5) is 11.5 Å². The van der Waals surface area contributed by atoms with Crippen molar-refractivity contribution in [1.29, 1.82) is 0 Å². The Kier molecular flexibility index (Phi) is 4.62. The van der Waals surface area contributed by atoms with E-state index < -0.39 is 10.8 Å². The molecule has 2 heterocycles. The molecule has 0 aliphatic carbocycles. The third-order valence-corrected chi connectivity index (χ3v) is 4.28. The molecule has 0 unspecified atom stereocenters. The predicted octanol–water partition coefficient (Wildman–Crippen LogP) is 4.06. The summed E-state index contributed by atoms with van der Waals surface area (Å²) in [5.41, 5.74) is 1.31. The number of nitro benzene ring substituents is 1. The maximum Gasteiger partial charge on any atom is 0.269 e. The summed E-state index contributed by atoms with van der Waals surface area (Å²) in [6, 6.07) is 14.3. The third-order valence-electron chi connectivity index (χ3n) is 4.28. The highest BCUT2D eigenvalue weighted by Gasteiger charge is 2.15. The summed E-state index contributed by atoms with van der Waals surface area (Å²) in [6.45, 7) is 0. The lowest BCUT2D eigenvalue weighted by atomic mass is 10.1. The Morgan fingerprint density at radius 3 is 2.48 bits per heavy atom. The standard InChI is InChI=1S/C20H14N4O5/c1-28-15-8-4-12(5-9-15)17-10-16-18(21-11-22-20(16)29-17)23-19(25)13-2-6-14(7-3-13)24(26)27/h2-11H,1H3,(H,21,22,23,25). The molecule has 0 atom stereocenters. The maximum atomic E-state index is 12.5. The Balaban J connectivity index is 1.62. The van der Waals surface area contributed by atoms with Crippen LogP contribution in [0, 0.1) is 10.1 Å². The minimum Gasteiger partial charge on any atom is -0.497 e. The molecule has 29 heavy (non-hydrogen) atoms. The molecule has 1 N–H and O–H groups in total. The summed E-state index contributed by atoms with van der Waals surface area (Å²) < 4.78 is 10.9. The van der Waals surface area contributed by atoms with Gasteiger partial charge in [0.05, 0.1) is 17.4 Å². The Hall–Kier alpha value is -4.27. The second-order valence-electron chi connectivity index (χ2n) is 6.04. The van der Waals surface area contributed by atoms with E-state index in [4.69, 9.17) is 9.15 Å². The smallest absolute Gasteiger partial charge is 0.269 e. The van der Waals surface area contributed by atoms with Gasteiger partial charge in [0.15, 0.2) is 0 Å². The van der Waals surface area contributed by atoms with Crippen LogP contribution in [0.15, 0.2) is 65.3 Å². The summed E-state index contributed by atoms with van der Waals surface area (Å²) >= 11 is 0. The molecule has 9 nitrogen and oxygen atoms in total. The molecule has 0 spiro atoms. The number of carbonyl (C=O) groups excluding carboxylic acids is 1. The zero-order valence-corrected chi connectivity index (χ0v) is 15.2. The molecular formula is C20H14N4O5. The van der Waals surface area contributed by atoms with E-state index in [1.807, 2.05) is 24.3 Å². The van der Waals surface area contributed by atoms with Gasteiger partial charge in [0, 0.05) is 23.3 Å². The number of hydrogen-bond acceptors (Lipinski definition) is 7. The number of hydrogen-bond donors (Lipinski definition) is 1. The topological polar surface area (TPSA) is 120 Å². The van der Waals surface area contributed by atoms with Gasteiger partial charge in [0.1, 0.15) is 23.7 Å². The Bertz CT molecular complexity index is 1200. The SMILES string of the molecule is COc1ccc(-c2cc3c(NC(=O)c4ccc([N+](=O)[O-])cc4)ncnc3o2)cc1. The number of amides is 1. The van der Waals surface area contributed by atoms with Crippen LogP contribution in [-0.2, 0) is 0 Å². The van der Waals surface area contributed by atoms with Crippen molar-refractivity contribution in [1.82, 2.24) is 9.97 Å². The van der Waals surface area contributed by atoms with Gasteiger partial charge in [-0.1, -0.05) is 0 Å². The third kappa shape index (κ3) is 3.61. The first-order chi connectivity index (χ1) is 14.0. The largest absolute Gasteiger partial charge is 0.497 e. The zero-order chi connectivity index (χ0) is 20.4. The lowest BCUT2D eigenvalue weighted by Crippen LogP contribution is -2.13. The second-order valence-corrected chi connectivity index (χ2v) is 6.04. The van der Waals surface area contributed by atoms with Gasteiger partial charge in [-0.05, 0) is 42.5 Å². The fourth-order valence-electron chi connectivity index (χ4n) is 2.77. The van der Waals surface area contributed by atoms with Crippen molar-refractivity contribution >= 4 is 28.5 Å². The van der Waals surface area contributed by atoms with Crippen molar-refractivity contribution in [3.63, 3.8) is 0 Å². The van der Waals surface area contributed by atoms with Gasteiger partial charge in [-0.2, -0.15) is 0 Å². The van der Waals surface area contributed by atoms with Gasteiger partial charge < -0.3 is 14.5 Å². The van der Waals surface area contributed by atoms with Crippen molar-refractivity contribution < 1.29 is 18.9 Å². The van der Waals surface area contributed by atoms with E-state index in [1.165, 1.54) is 30.6 Å². The molecule has 4 rings (SSSR count). The van der Waals surface area contributed by atoms with Crippen LogP contribution >= 0.6 is 0 Å². The lowest BCUT2D eigenvalue weighted by molar-refractivity contribution is -0.384. The van der Waals surface area contributed by atoms with Crippen molar-refractivity contribution in [2.75, 3.05) is 12.4 Å². The van der Waals surface area contributed by atoms with Crippen molar-refractivity contribution in [3.8, 4) is 17.1 Å². The number of benzene rings is 2. The summed E-state index contributed by atoms with van der Waals surface area (Å²) in [7, 11) is 1.59. The van der Waals surface area contributed by atoms with Gasteiger partial charge in [0.2, 0.25) is 5.71 Å². The molecule has 144 valence electrons. The van der Waals surface area contributed by atoms with Crippen LogP contribution in [0.2, 0.25) is 0 Å². The van der Waals surface area contributed by atoms with E-state index in [0.717, 1.165) is 11.3 Å². The Morgan fingerprint density at radius 2 is 1.83 bits per heavy atom. The van der Waals surface area contributed by atoms with Crippen molar-refractivity contribution in [2.45, 2.75) is 0 Å². The Labute approximate surface area is 164 Å². The van der Waals surface area contributed by atoms with Crippen LogP contribution in [0.1, 0.15) is 10.4 Å². The number of ether oxygens (including phenoxy) is 1. The van der Waals surface area contributed by atoms with E-state index in [-0.39, 0.29) is 17.1 Å². The molecule has 2 aromatic heterocycles. The molecule has 0 radical (unpaired) electrons. The highest BCUT2D eigenvalue weighted by molar-refractivity contribution is 6.07. The number of aromatic nitrogens is 2. The maximum absolute atomic E-state index is 12.5. The fraction of sp³-hybridized carbons (Fsp3) is 0.0500. The van der Waals surface area contributed by atoms with Crippen LogP contribution < -0.4 is 10.1 Å². The van der Waals surface area contributed by atoms with Gasteiger partial charge in [-0.15, -0.1) is 0 Å². The average molecular weight is 390 g/mol. The number of carbonyl (C=O) groups is 1. The molecule has 0 aliphatic heterocycles. The zero-order valence-electron chi connectivity index (χ0n) is 15.2. The lowest BCUT2D eigenvalue weighted by Gasteiger charge is -2.04. The van der Waals surface area contributed by atoms with Gasteiger partial charge >= 0.3 is 0 Å². The molecular weight excluding hydrogens is 376 g/mol. The minimum absolute atomic E-state index is 0.0926. The number of non-ortho nitro benzene ring substituents is 1. The normalized spacial score (nSPS) is 10.7. The Morgan fingerprint density at radius 1 is 1.10 bits per heavy atom. The molecule has 0 aliphatic rings. The first kappa shape index (κ1) is 18.1. The predicted molar refractivity (Wildman–Crippen MR) is 105 cm³/mol. The van der Waals surface area contributed by atoms with Crippen LogP contribution in [-0.4, -0.2) is 27.9 Å². The van der Waals surface area contributed by atoms with Gasteiger partial charge in [-0.3, -0.25) is 14.9 Å². The van der Waals surface area contributed by atoms with E-state index in [2.05, 4.69) is 15.3 Å². The fourth-order valence-corrected chi connectivity index (χ4v) is 2.77. The summed E-state index contributed by atoms with van der Waals surface area (Å²) in [6.07, 6.45) is 1.29. The number of rotatable bonds is 5. The number of anilines is 1. The quantitative estimate of drug-likeness (QED) is 0.403. The molecule has 1 amide bonds. The van der Waals surface area contributed by atoms with E-state index in [1.54, 1.807) is 13.2 Å². The highest BCUT2D eigenvalue weighted by atomic mass is 16.6. The first-order valence-electron chi connectivity index (χ1n) is 8.50. The number of furan rings is 1. The molecule has 0 fully saturated rings. The molecule has 4 aromatic rings. The molecule has 0 saturated carbocycles.